The minimum Gasteiger partial charge on any atom is -0.387 e. The quantitative estimate of drug-likeness (QED) is 0.771. The van der Waals surface area contributed by atoms with E-state index in [1.54, 1.807) is 6.92 Å². The molecular weight excluding hydrogens is 193 g/mol. The van der Waals surface area contributed by atoms with Crippen LogP contribution >= 0.6 is 11.6 Å². The van der Waals surface area contributed by atoms with Gasteiger partial charge in [0.05, 0.1) is 6.10 Å². The number of rotatable bonds is 2. The van der Waals surface area contributed by atoms with E-state index in [-0.39, 0.29) is 10.6 Å². The molecule has 1 aromatic rings. The molecule has 0 aliphatic rings. The number of benzene rings is 1. The molecule has 0 amide bonds. The molecule has 0 heterocycles. The maximum Gasteiger partial charge on any atom is 0.130 e. The summed E-state index contributed by atoms with van der Waals surface area (Å²) in [7, 11) is 0. The van der Waals surface area contributed by atoms with Gasteiger partial charge in [0.15, 0.2) is 0 Å². The lowest BCUT2D eigenvalue weighted by Crippen LogP contribution is -2.25. The van der Waals surface area contributed by atoms with E-state index in [0.29, 0.717) is 0 Å². The first-order chi connectivity index (χ1) is 6.04. The Balaban J connectivity index is 3.12. The van der Waals surface area contributed by atoms with E-state index in [9.17, 15) is 9.50 Å². The van der Waals surface area contributed by atoms with Crippen LogP contribution in [0.1, 0.15) is 18.6 Å². The SMILES string of the molecule is CC(N)C(O)c1c(F)cccc1Cl. The Hall–Kier alpha value is -0.640. The van der Waals surface area contributed by atoms with Gasteiger partial charge in [0.2, 0.25) is 0 Å². The fourth-order valence-corrected chi connectivity index (χ4v) is 1.33. The minimum atomic E-state index is -1.06. The van der Waals surface area contributed by atoms with Crippen LogP contribution in [0.3, 0.4) is 0 Å². The van der Waals surface area contributed by atoms with Gasteiger partial charge in [0.1, 0.15) is 5.82 Å². The number of aliphatic hydroxyl groups is 1. The molecule has 72 valence electrons. The van der Waals surface area contributed by atoms with Crippen LogP contribution in [0.2, 0.25) is 5.02 Å². The van der Waals surface area contributed by atoms with E-state index in [0.717, 1.165) is 0 Å². The van der Waals surface area contributed by atoms with Crippen LogP contribution in [0, 0.1) is 5.82 Å². The summed E-state index contributed by atoms with van der Waals surface area (Å²) in [4.78, 5) is 0. The zero-order valence-corrected chi connectivity index (χ0v) is 7.92. The highest BCUT2D eigenvalue weighted by molar-refractivity contribution is 6.31. The summed E-state index contributed by atoms with van der Waals surface area (Å²) in [6.45, 7) is 1.59. The zero-order valence-electron chi connectivity index (χ0n) is 7.17. The lowest BCUT2D eigenvalue weighted by Gasteiger charge is -2.16. The van der Waals surface area contributed by atoms with E-state index in [4.69, 9.17) is 17.3 Å². The van der Waals surface area contributed by atoms with Gasteiger partial charge >= 0.3 is 0 Å². The average molecular weight is 204 g/mol. The highest BCUT2D eigenvalue weighted by Crippen LogP contribution is 2.26. The summed E-state index contributed by atoms with van der Waals surface area (Å²) >= 11 is 5.71. The fourth-order valence-electron chi connectivity index (χ4n) is 1.06. The largest absolute Gasteiger partial charge is 0.387 e. The fraction of sp³-hybridized carbons (Fsp3) is 0.333. The number of nitrogens with two attached hydrogens (primary N) is 1. The Morgan fingerprint density at radius 1 is 1.54 bits per heavy atom. The summed E-state index contributed by atoms with van der Waals surface area (Å²) in [6, 6.07) is 3.70. The summed E-state index contributed by atoms with van der Waals surface area (Å²) < 4.78 is 13.2. The first-order valence-corrected chi connectivity index (χ1v) is 4.29. The molecule has 2 unspecified atom stereocenters. The molecule has 1 aromatic carbocycles. The van der Waals surface area contributed by atoms with Crippen molar-refractivity contribution in [2.75, 3.05) is 0 Å². The standard InChI is InChI=1S/C9H11ClFNO/c1-5(12)9(13)8-6(10)3-2-4-7(8)11/h2-5,9,13H,12H2,1H3. The topological polar surface area (TPSA) is 46.2 Å². The molecule has 0 aromatic heterocycles. The van der Waals surface area contributed by atoms with Gasteiger partial charge in [0, 0.05) is 16.6 Å². The number of hydrogen-bond acceptors (Lipinski definition) is 2. The Labute approximate surface area is 81.1 Å². The Morgan fingerprint density at radius 2 is 2.15 bits per heavy atom. The van der Waals surface area contributed by atoms with Crippen LogP contribution in [-0.2, 0) is 0 Å². The second-order valence-electron chi connectivity index (χ2n) is 2.94. The van der Waals surface area contributed by atoms with E-state index in [1.807, 2.05) is 0 Å². The molecule has 0 saturated carbocycles. The first-order valence-electron chi connectivity index (χ1n) is 3.91. The third kappa shape index (κ3) is 2.18. The molecule has 13 heavy (non-hydrogen) atoms. The lowest BCUT2D eigenvalue weighted by molar-refractivity contribution is 0.149. The van der Waals surface area contributed by atoms with Crippen molar-refractivity contribution < 1.29 is 9.50 Å². The van der Waals surface area contributed by atoms with Gasteiger partial charge in [-0.3, -0.25) is 0 Å². The van der Waals surface area contributed by atoms with Gasteiger partial charge in [-0.15, -0.1) is 0 Å². The average Bonchev–Trinajstić information content (AvgIpc) is 2.03. The van der Waals surface area contributed by atoms with Crippen molar-refractivity contribution in [2.24, 2.45) is 5.73 Å². The van der Waals surface area contributed by atoms with Gasteiger partial charge in [-0.2, -0.15) is 0 Å². The van der Waals surface area contributed by atoms with Crippen LogP contribution in [0.25, 0.3) is 0 Å². The van der Waals surface area contributed by atoms with Gasteiger partial charge in [-0.25, -0.2) is 4.39 Å². The van der Waals surface area contributed by atoms with E-state index < -0.39 is 18.0 Å². The molecule has 0 fully saturated rings. The molecule has 1 rings (SSSR count). The summed E-state index contributed by atoms with van der Waals surface area (Å²) in [5.74, 6) is -0.530. The number of halogens is 2. The van der Waals surface area contributed by atoms with E-state index >= 15 is 0 Å². The van der Waals surface area contributed by atoms with Crippen molar-refractivity contribution in [1.29, 1.82) is 0 Å². The zero-order chi connectivity index (χ0) is 10.0. The van der Waals surface area contributed by atoms with Crippen LogP contribution in [0.5, 0.6) is 0 Å². The smallest absolute Gasteiger partial charge is 0.130 e. The second kappa shape index (κ2) is 4.05. The van der Waals surface area contributed by atoms with Gasteiger partial charge in [0.25, 0.3) is 0 Å². The number of hydrogen-bond donors (Lipinski definition) is 2. The molecule has 0 radical (unpaired) electrons. The van der Waals surface area contributed by atoms with Gasteiger partial charge in [-0.05, 0) is 19.1 Å². The summed E-state index contributed by atoms with van der Waals surface area (Å²) in [5, 5.41) is 9.71. The molecule has 3 N–H and O–H groups in total. The Bertz CT molecular complexity index is 283. The first kappa shape index (κ1) is 10.4. The molecule has 4 heteroatoms. The van der Waals surface area contributed by atoms with E-state index in [1.165, 1.54) is 18.2 Å². The van der Waals surface area contributed by atoms with Gasteiger partial charge in [-0.1, -0.05) is 17.7 Å². The molecule has 0 saturated heterocycles. The Morgan fingerprint density at radius 3 is 2.62 bits per heavy atom. The van der Waals surface area contributed by atoms with Crippen molar-refractivity contribution in [3.8, 4) is 0 Å². The normalized spacial score (nSPS) is 15.5. The Kier molecular flexibility index (Phi) is 3.25. The maximum absolute atomic E-state index is 13.2. The molecule has 0 spiro atoms. The molecule has 0 aliphatic heterocycles. The summed E-state index contributed by atoms with van der Waals surface area (Å²) in [6.07, 6.45) is -1.06. The van der Waals surface area contributed by atoms with Crippen LogP contribution in [-0.4, -0.2) is 11.1 Å². The van der Waals surface area contributed by atoms with Crippen LogP contribution in [0.4, 0.5) is 4.39 Å². The predicted octanol–water partition coefficient (Wildman–Crippen LogP) is 1.86. The maximum atomic E-state index is 13.2. The monoisotopic (exact) mass is 203 g/mol. The van der Waals surface area contributed by atoms with Crippen molar-refractivity contribution in [2.45, 2.75) is 19.1 Å². The van der Waals surface area contributed by atoms with Gasteiger partial charge < -0.3 is 10.8 Å². The van der Waals surface area contributed by atoms with Crippen molar-refractivity contribution in [3.05, 3.63) is 34.6 Å². The van der Waals surface area contributed by atoms with Crippen molar-refractivity contribution >= 4 is 11.6 Å². The molecular formula is C9H11ClFNO. The highest BCUT2D eigenvalue weighted by Gasteiger charge is 2.19. The van der Waals surface area contributed by atoms with Crippen molar-refractivity contribution in [3.63, 3.8) is 0 Å². The third-order valence-corrected chi connectivity index (χ3v) is 2.12. The predicted molar refractivity (Wildman–Crippen MR) is 50.0 cm³/mol. The molecule has 2 atom stereocenters. The van der Waals surface area contributed by atoms with Crippen LogP contribution in [0.15, 0.2) is 18.2 Å². The molecule has 2 nitrogen and oxygen atoms in total. The second-order valence-corrected chi connectivity index (χ2v) is 3.35. The minimum absolute atomic E-state index is 0.0687. The molecule has 0 bridgehead atoms. The highest BCUT2D eigenvalue weighted by atomic mass is 35.5. The lowest BCUT2D eigenvalue weighted by atomic mass is 10.0. The van der Waals surface area contributed by atoms with Crippen molar-refractivity contribution in [1.82, 2.24) is 0 Å². The third-order valence-electron chi connectivity index (χ3n) is 1.79. The number of aliphatic hydroxyl groups excluding tert-OH is 1. The van der Waals surface area contributed by atoms with E-state index in [2.05, 4.69) is 0 Å². The van der Waals surface area contributed by atoms with Crippen LogP contribution < -0.4 is 5.73 Å². The summed E-state index contributed by atoms with van der Waals surface area (Å²) in [5.41, 5.74) is 5.50. The molecule has 0 aliphatic carbocycles.